The molecule has 1 aliphatic heterocycles. The van der Waals surface area contributed by atoms with Gasteiger partial charge in [-0.3, -0.25) is 9.59 Å². The zero-order valence-electron chi connectivity index (χ0n) is 23.2. The van der Waals surface area contributed by atoms with Gasteiger partial charge in [0.2, 0.25) is 0 Å². The fourth-order valence-electron chi connectivity index (χ4n) is 5.50. The summed E-state index contributed by atoms with van der Waals surface area (Å²) >= 11 is 6.11. The molecule has 0 radical (unpaired) electrons. The van der Waals surface area contributed by atoms with Gasteiger partial charge in [-0.05, 0) is 65.9 Å². The molecule has 0 aliphatic carbocycles. The second-order valence-corrected chi connectivity index (χ2v) is 10.4. The van der Waals surface area contributed by atoms with Crippen LogP contribution in [-0.2, 0) is 35.7 Å². The number of carbonyl (C=O) groups is 2. The highest BCUT2D eigenvalue weighted by atomic mass is 35.5. The van der Waals surface area contributed by atoms with Gasteiger partial charge in [0, 0.05) is 26.1 Å². The van der Waals surface area contributed by atoms with Gasteiger partial charge in [-0.25, -0.2) is 4.68 Å². The van der Waals surface area contributed by atoms with Gasteiger partial charge in [0.1, 0.15) is 16.8 Å². The number of methoxy groups -OCH3 is 1. The Morgan fingerprint density at radius 2 is 1.93 bits per heavy atom. The summed E-state index contributed by atoms with van der Waals surface area (Å²) in [7, 11) is 3.33. The van der Waals surface area contributed by atoms with E-state index in [9.17, 15) is 22.8 Å². The van der Waals surface area contributed by atoms with Crippen LogP contribution in [0.3, 0.4) is 0 Å². The molecule has 0 saturated heterocycles. The van der Waals surface area contributed by atoms with Gasteiger partial charge < -0.3 is 14.4 Å². The largest absolute Gasteiger partial charge is 0.494 e. The van der Waals surface area contributed by atoms with E-state index in [1.807, 2.05) is 30.3 Å². The van der Waals surface area contributed by atoms with Crippen LogP contribution in [0.5, 0.6) is 5.75 Å². The van der Waals surface area contributed by atoms with Crippen molar-refractivity contribution < 1.29 is 32.2 Å². The number of hydrogen-bond acceptors (Lipinski definition) is 6. The monoisotopic (exact) mass is 600 g/mol. The Labute approximate surface area is 245 Å². The van der Waals surface area contributed by atoms with Crippen LogP contribution >= 0.6 is 11.6 Å². The summed E-state index contributed by atoms with van der Waals surface area (Å²) in [6.07, 6.45) is -4.02. The van der Waals surface area contributed by atoms with E-state index in [-0.39, 0.29) is 36.1 Å². The molecule has 1 amide bonds. The molecule has 5 rings (SSSR count). The summed E-state index contributed by atoms with van der Waals surface area (Å²) in [4.78, 5) is 27.7. The van der Waals surface area contributed by atoms with Crippen molar-refractivity contribution in [3.63, 3.8) is 0 Å². The molecule has 42 heavy (non-hydrogen) atoms. The molecule has 1 unspecified atom stereocenters. The lowest BCUT2D eigenvalue weighted by molar-refractivity contribution is -0.143. The molecular formula is C30H28ClF3N4O4. The minimum atomic E-state index is -4.56. The third kappa shape index (κ3) is 5.65. The number of alkyl halides is 3. The van der Waals surface area contributed by atoms with Crippen LogP contribution in [-0.4, -0.2) is 52.0 Å². The maximum absolute atomic E-state index is 13.3. The van der Waals surface area contributed by atoms with E-state index in [0.29, 0.717) is 24.2 Å². The van der Waals surface area contributed by atoms with Crippen LogP contribution in [0, 0.1) is 0 Å². The predicted molar refractivity (Wildman–Crippen MR) is 149 cm³/mol. The van der Waals surface area contributed by atoms with E-state index in [0.717, 1.165) is 46.0 Å². The average Bonchev–Trinajstić information content (AvgIpc) is 3.34. The summed E-state index contributed by atoms with van der Waals surface area (Å²) in [5, 5.41) is 8.10. The summed E-state index contributed by atoms with van der Waals surface area (Å²) < 4.78 is 51.8. The molecule has 0 bridgehead atoms. The van der Waals surface area contributed by atoms with Crippen LogP contribution in [0.2, 0.25) is 5.02 Å². The SMILES string of the molecule is CCOC(=O)CC(c1cc(OC)c2c(c1)nnn2C)c1cccc2c1CCN(C(=O)c1ccc(C(F)(F)F)cc1Cl)C2. The number of ether oxygens (including phenoxy) is 2. The van der Waals surface area contributed by atoms with Crippen molar-refractivity contribution in [1.29, 1.82) is 0 Å². The smallest absolute Gasteiger partial charge is 0.416 e. The average molecular weight is 601 g/mol. The Morgan fingerprint density at radius 1 is 1.14 bits per heavy atom. The van der Waals surface area contributed by atoms with Crippen molar-refractivity contribution in [1.82, 2.24) is 19.9 Å². The van der Waals surface area contributed by atoms with Crippen molar-refractivity contribution in [2.75, 3.05) is 20.3 Å². The number of aryl methyl sites for hydroxylation is 1. The molecular weight excluding hydrogens is 573 g/mol. The van der Waals surface area contributed by atoms with Crippen molar-refractivity contribution in [2.45, 2.75) is 38.4 Å². The zero-order chi connectivity index (χ0) is 30.2. The van der Waals surface area contributed by atoms with Crippen LogP contribution in [0.25, 0.3) is 11.0 Å². The lowest BCUT2D eigenvalue weighted by Crippen LogP contribution is -2.36. The second kappa shape index (κ2) is 11.6. The quantitative estimate of drug-likeness (QED) is 0.244. The van der Waals surface area contributed by atoms with Crippen molar-refractivity contribution in [2.24, 2.45) is 7.05 Å². The molecule has 2 heterocycles. The lowest BCUT2D eigenvalue weighted by atomic mass is 9.82. The van der Waals surface area contributed by atoms with E-state index in [4.69, 9.17) is 21.1 Å². The molecule has 1 aliphatic rings. The third-order valence-electron chi connectivity index (χ3n) is 7.48. The van der Waals surface area contributed by atoms with Gasteiger partial charge >= 0.3 is 12.1 Å². The van der Waals surface area contributed by atoms with Crippen LogP contribution in [0.15, 0.2) is 48.5 Å². The molecule has 0 spiro atoms. The maximum atomic E-state index is 13.3. The summed E-state index contributed by atoms with van der Waals surface area (Å²) in [5.74, 6) is -0.640. The normalized spacial score (nSPS) is 14.0. The Hall–Kier alpha value is -4.12. The first-order chi connectivity index (χ1) is 20.0. The van der Waals surface area contributed by atoms with Gasteiger partial charge in [-0.15, -0.1) is 5.10 Å². The highest BCUT2D eigenvalue weighted by Gasteiger charge is 2.33. The Balaban J connectivity index is 1.50. The molecule has 1 atom stereocenters. The minimum Gasteiger partial charge on any atom is -0.494 e. The molecule has 3 aromatic carbocycles. The first-order valence-corrected chi connectivity index (χ1v) is 13.7. The van der Waals surface area contributed by atoms with Crippen molar-refractivity contribution in [3.05, 3.63) is 86.9 Å². The second-order valence-electron chi connectivity index (χ2n) is 10.0. The lowest BCUT2D eigenvalue weighted by Gasteiger charge is -2.32. The summed E-state index contributed by atoms with van der Waals surface area (Å²) in [6, 6.07) is 12.2. The molecule has 0 fully saturated rings. The number of halogens is 4. The Morgan fingerprint density at radius 3 is 2.62 bits per heavy atom. The molecule has 12 heteroatoms. The number of esters is 1. The van der Waals surface area contributed by atoms with Gasteiger partial charge in [0.15, 0.2) is 0 Å². The number of carbonyl (C=O) groups excluding carboxylic acids is 2. The first-order valence-electron chi connectivity index (χ1n) is 13.3. The molecule has 0 N–H and O–H groups in total. The third-order valence-corrected chi connectivity index (χ3v) is 7.79. The molecule has 8 nitrogen and oxygen atoms in total. The van der Waals surface area contributed by atoms with Crippen LogP contribution < -0.4 is 4.74 Å². The molecule has 0 saturated carbocycles. The number of benzene rings is 3. The van der Waals surface area contributed by atoms with Crippen molar-refractivity contribution >= 4 is 34.5 Å². The highest BCUT2D eigenvalue weighted by Crippen LogP contribution is 2.39. The van der Waals surface area contributed by atoms with Gasteiger partial charge in [-0.1, -0.05) is 35.0 Å². The van der Waals surface area contributed by atoms with Crippen LogP contribution in [0.4, 0.5) is 13.2 Å². The topological polar surface area (TPSA) is 86.6 Å². The summed E-state index contributed by atoms with van der Waals surface area (Å²) in [5.41, 5.74) is 4.01. The molecule has 220 valence electrons. The van der Waals surface area contributed by atoms with Gasteiger partial charge in [-0.2, -0.15) is 13.2 Å². The van der Waals surface area contributed by atoms with Gasteiger partial charge in [0.25, 0.3) is 5.91 Å². The highest BCUT2D eigenvalue weighted by molar-refractivity contribution is 6.33. The van der Waals surface area contributed by atoms with E-state index in [1.165, 1.54) is 0 Å². The van der Waals surface area contributed by atoms with Crippen LogP contribution in [0.1, 0.15) is 57.4 Å². The fraction of sp³-hybridized carbons (Fsp3) is 0.333. The number of amides is 1. The number of aromatic nitrogens is 3. The molecule has 4 aromatic rings. The fourth-order valence-corrected chi connectivity index (χ4v) is 5.76. The number of nitrogens with zero attached hydrogens (tertiary/aromatic N) is 4. The summed E-state index contributed by atoms with van der Waals surface area (Å²) in [6.45, 7) is 2.55. The minimum absolute atomic E-state index is 0.00817. The number of hydrogen-bond donors (Lipinski definition) is 0. The standard InChI is InChI=1S/C30H28ClF3N4O4/c1-4-42-27(39)15-23(18-12-25-28(26(13-18)41-3)37(2)36-35-25)21-7-5-6-17-16-38(11-10-20(17)21)29(40)22-9-8-19(14-24(22)31)30(32,33)34/h5-9,12-14,23H,4,10-11,15-16H2,1-3H3. The first kappa shape index (κ1) is 29.4. The van der Waals surface area contributed by atoms with Crippen molar-refractivity contribution in [3.8, 4) is 5.75 Å². The number of rotatable bonds is 7. The van der Waals surface area contributed by atoms with E-state index in [2.05, 4.69) is 10.3 Å². The van der Waals surface area contributed by atoms with Gasteiger partial charge in [0.05, 0.1) is 36.3 Å². The predicted octanol–water partition coefficient (Wildman–Crippen LogP) is 5.93. The Bertz CT molecular complexity index is 1670. The van der Waals surface area contributed by atoms with E-state index < -0.39 is 23.6 Å². The Kier molecular flexibility index (Phi) is 8.14. The molecule has 1 aromatic heterocycles. The number of fused-ring (bicyclic) bond motifs is 2. The maximum Gasteiger partial charge on any atom is 0.416 e. The zero-order valence-corrected chi connectivity index (χ0v) is 23.9. The van der Waals surface area contributed by atoms with E-state index >= 15 is 0 Å². The van der Waals surface area contributed by atoms with E-state index in [1.54, 1.807) is 30.7 Å².